The number of ether oxygens (including phenoxy) is 1. The van der Waals surface area contributed by atoms with Crippen molar-refractivity contribution in [2.24, 2.45) is 0 Å². The van der Waals surface area contributed by atoms with E-state index in [2.05, 4.69) is 12.2 Å². The Morgan fingerprint density at radius 3 is 2.30 bits per heavy atom. The summed E-state index contributed by atoms with van der Waals surface area (Å²) in [5, 5.41) is 3.17. The van der Waals surface area contributed by atoms with Crippen LogP contribution in [0.15, 0.2) is 0 Å². The molecule has 0 saturated carbocycles. The van der Waals surface area contributed by atoms with E-state index in [0.717, 1.165) is 13.1 Å². The Morgan fingerprint density at radius 2 is 2.00 bits per heavy atom. The van der Waals surface area contributed by atoms with E-state index in [-0.39, 0.29) is 1.43 Å². The van der Waals surface area contributed by atoms with Crippen molar-refractivity contribution in [3.05, 3.63) is 0 Å². The number of rotatable bonds is 4. The quantitative estimate of drug-likeness (QED) is 0.659. The van der Waals surface area contributed by atoms with E-state index in [1.54, 1.807) is 7.11 Å². The molecule has 2 nitrogen and oxygen atoms in total. The van der Waals surface area contributed by atoms with Gasteiger partial charge in [-0.25, -0.2) is 0 Å². The first-order chi connectivity index (χ1) is 4.81. The maximum atomic E-state index is 4.99. The molecule has 1 N–H and O–H groups in total. The van der Waals surface area contributed by atoms with Gasteiger partial charge in [-0.1, -0.05) is 20.8 Å². The van der Waals surface area contributed by atoms with Crippen LogP contribution < -0.4 is 5.32 Å². The van der Waals surface area contributed by atoms with E-state index in [1.165, 1.54) is 0 Å². The molecule has 0 spiro atoms. The maximum Gasteiger partial charge on any atom is 0.0667 e. The Hall–Kier alpha value is -0.0800. The molecule has 0 saturated heterocycles. The van der Waals surface area contributed by atoms with E-state index >= 15 is 0 Å². The van der Waals surface area contributed by atoms with Crippen LogP contribution in [0.25, 0.3) is 0 Å². The lowest BCUT2D eigenvalue weighted by Crippen LogP contribution is -2.25. The molecule has 0 aliphatic heterocycles. The van der Waals surface area contributed by atoms with Gasteiger partial charge in [-0.2, -0.15) is 0 Å². The Labute approximate surface area is 66.4 Å². The van der Waals surface area contributed by atoms with Crippen LogP contribution in [0, 0.1) is 0 Å². The van der Waals surface area contributed by atoms with Crippen LogP contribution in [0.3, 0.4) is 0 Å². The van der Waals surface area contributed by atoms with Gasteiger partial charge in [-0.05, 0) is 13.5 Å². The first-order valence-corrected chi connectivity index (χ1v) is 4.04. The fraction of sp³-hybridized carbons (Fsp3) is 1.00. The highest BCUT2D eigenvalue weighted by molar-refractivity contribution is 4.50. The summed E-state index contributed by atoms with van der Waals surface area (Å²) in [6, 6.07) is 0. The minimum Gasteiger partial charge on any atom is -0.380 e. The molecule has 1 atom stereocenters. The molecule has 0 aliphatic carbocycles. The predicted molar refractivity (Wildman–Crippen MR) is 48.5 cm³/mol. The highest BCUT2D eigenvalue weighted by atomic mass is 16.5. The average molecular weight is 149 g/mol. The highest BCUT2D eigenvalue weighted by Gasteiger charge is 1.93. The number of hydrogen-bond donors (Lipinski definition) is 1. The number of hydrogen-bond acceptors (Lipinski definition) is 2. The first-order valence-electron chi connectivity index (χ1n) is 4.04. The Kier molecular flexibility index (Phi) is 14.7. The third-order valence-electron chi connectivity index (χ3n) is 1.08. The van der Waals surface area contributed by atoms with Gasteiger partial charge in [0.25, 0.3) is 0 Å². The van der Waals surface area contributed by atoms with Gasteiger partial charge in [0.2, 0.25) is 0 Å². The molecule has 1 unspecified atom stereocenters. The molecule has 0 amide bonds. The zero-order valence-electron chi connectivity index (χ0n) is 7.90. The zero-order valence-corrected chi connectivity index (χ0v) is 7.90. The van der Waals surface area contributed by atoms with Crippen LogP contribution in [-0.4, -0.2) is 26.3 Å². The molecule has 2 heteroatoms. The van der Waals surface area contributed by atoms with Crippen molar-refractivity contribution in [1.29, 1.82) is 0 Å². The normalized spacial score (nSPS) is 11.7. The topological polar surface area (TPSA) is 21.3 Å². The molecular formula is C8H23NO. The van der Waals surface area contributed by atoms with Crippen molar-refractivity contribution in [2.45, 2.75) is 33.8 Å². The monoisotopic (exact) mass is 149 g/mol. The minimum absolute atomic E-state index is 0. The third-order valence-corrected chi connectivity index (χ3v) is 1.08. The van der Waals surface area contributed by atoms with Gasteiger partial charge < -0.3 is 10.1 Å². The largest absolute Gasteiger partial charge is 0.380 e. The van der Waals surface area contributed by atoms with E-state index in [9.17, 15) is 0 Å². The molecule has 0 rings (SSSR count). The van der Waals surface area contributed by atoms with Gasteiger partial charge in [0.15, 0.2) is 0 Å². The summed E-state index contributed by atoms with van der Waals surface area (Å²) < 4.78 is 4.99. The van der Waals surface area contributed by atoms with Gasteiger partial charge in [-0.3, -0.25) is 0 Å². The Balaban J connectivity index is -0.000000196. The van der Waals surface area contributed by atoms with Crippen molar-refractivity contribution in [1.82, 2.24) is 5.32 Å². The van der Waals surface area contributed by atoms with E-state index < -0.39 is 0 Å². The molecule has 0 aromatic heterocycles. The van der Waals surface area contributed by atoms with Gasteiger partial charge in [0.05, 0.1) is 6.10 Å². The van der Waals surface area contributed by atoms with Crippen LogP contribution in [0.1, 0.15) is 29.1 Å². The summed E-state index contributed by atoms with van der Waals surface area (Å²) in [5.41, 5.74) is 0. The number of likely N-dealkylation sites (N-methyl/N-ethyl adjacent to an activating group) is 1. The number of nitrogens with one attached hydrogen (secondary N) is 1. The molecule has 0 fully saturated rings. The smallest absolute Gasteiger partial charge is 0.0667 e. The van der Waals surface area contributed by atoms with Crippen molar-refractivity contribution in [2.75, 3.05) is 20.2 Å². The molecule has 66 valence electrons. The lowest BCUT2D eigenvalue weighted by atomic mass is 10.4. The lowest BCUT2D eigenvalue weighted by molar-refractivity contribution is 0.118. The fourth-order valence-corrected chi connectivity index (χ4v) is 0.431. The maximum absolute atomic E-state index is 4.99. The van der Waals surface area contributed by atoms with E-state index in [1.807, 2.05) is 20.8 Å². The summed E-state index contributed by atoms with van der Waals surface area (Å²) in [6.45, 7) is 10.1. The lowest BCUT2D eigenvalue weighted by Gasteiger charge is -2.07. The van der Waals surface area contributed by atoms with Gasteiger partial charge >= 0.3 is 0 Å². The van der Waals surface area contributed by atoms with Crippen molar-refractivity contribution in [3.8, 4) is 0 Å². The van der Waals surface area contributed by atoms with Crippen molar-refractivity contribution >= 4 is 0 Å². The van der Waals surface area contributed by atoms with E-state index in [4.69, 9.17) is 4.74 Å². The summed E-state index contributed by atoms with van der Waals surface area (Å²) in [4.78, 5) is 0. The molecule has 10 heavy (non-hydrogen) atoms. The molecule has 0 aliphatic rings. The zero-order chi connectivity index (χ0) is 8.41. The van der Waals surface area contributed by atoms with Gasteiger partial charge in [-0.15, -0.1) is 0 Å². The first kappa shape index (κ1) is 12.6. The fourth-order valence-electron chi connectivity index (χ4n) is 0.431. The van der Waals surface area contributed by atoms with Crippen LogP contribution in [0.5, 0.6) is 0 Å². The molecule has 0 heterocycles. The minimum atomic E-state index is 0. The average Bonchev–Trinajstić information content (AvgIpc) is 2.04. The van der Waals surface area contributed by atoms with Gasteiger partial charge in [0.1, 0.15) is 0 Å². The molecule has 0 bridgehead atoms. The summed E-state index contributed by atoms with van der Waals surface area (Å²) >= 11 is 0. The van der Waals surface area contributed by atoms with Crippen LogP contribution >= 0.6 is 0 Å². The standard InChI is InChI=1S/C6H15NO.C2H6.H2/c1-4-7-5-6(2)8-3;1-2;/h6-7H,4-5H2,1-3H3;1-2H3;1H. The van der Waals surface area contributed by atoms with Crippen molar-refractivity contribution in [3.63, 3.8) is 0 Å². The highest BCUT2D eigenvalue weighted by Crippen LogP contribution is 1.81. The summed E-state index contributed by atoms with van der Waals surface area (Å²) in [5.74, 6) is 0. The predicted octanol–water partition coefficient (Wildman–Crippen LogP) is 1.90. The van der Waals surface area contributed by atoms with Gasteiger partial charge in [0, 0.05) is 15.1 Å². The summed E-state index contributed by atoms with van der Waals surface area (Å²) in [6.07, 6.45) is 0.343. The second kappa shape index (κ2) is 11.7. The molecular weight excluding hydrogens is 126 g/mol. The number of methoxy groups -OCH3 is 1. The molecule has 0 radical (unpaired) electrons. The molecule has 0 aromatic carbocycles. The second-order valence-electron chi connectivity index (χ2n) is 1.85. The Bertz CT molecular complexity index is 53.4. The SMILES string of the molecule is CC.CCNCC(C)OC.[HH]. The van der Waals surface area contributed by atoms with Crippen molar-refractivity contribution < 1.29 is 6.16 Å². The van der Waals surface area contributed by atoms with Crippen LogP contribution in [0.4, 0.5) is 0 Å². The third kappa shape index (κ3) is 10.8. The van der Waals surface area contributed by atoms with Crippen LogP contribution in [0.2, 0.25) is 0 Å². The summed E-state index contributed by atoms with van der Waals surface area (Å²) in [7, 11) is 1.72. The van der Waals surface area contributed by atoms with Crippen LogP contribution in [-0.2, 0) is 4.74 Å². The Morgan fingerprint density at radius 1 is 1.50 bits per heavy atom. The molecule has 0 aromatic rings. The second-order valence-corrected chi connectivity index (χ2v) is 1.85. The van der Waals surface area contributed by atoms with E-state index in [0.29, 0.717) is 6.10 Å².